The van der Waals surface area contributed by atoms with Gasteiger partial charge in [0.2, 0.25) is 5.89 Å². The van der Waals surface area contributed by atoms with Crippen molar-refractivity contribution in [2.45, 2.75) is 20.8 Å². The van der Waals surface area contributed by atoms with Gasteiger partial charge in [-0.25, -0.2) is 4.98 Å². The number of carbonyl (C=O) groups is 1. The zero-order chi connectivity index (χ0) is 21.3. The zero-order valence-corrected chi connectivity index (χ0v) is 17.8. The van der Waals surface area contributed by atoms with Crippen LogP contribution in [0, 0.1) is 20.8 Å². The number of carbonyl (C=O) groups excluding carboxylic acids is 1. The van der Waals surface area contributed by atoms with E-state index in [0.717, 1.165) is 39.0 Å². The number of aromatic nitrogens is 1. The summed E-state index contributed by atoms with van der Waals surface area (Å²) in [6.45, 7) is 5.93. The number of oxazole rings is 1. The second kappa shape index (κ2) is 8.08. The van der Waals surface area contributed by atoms with Gasteiger partial charge in [0.05, 0.1) is 0 Å². The van der Waals surface area contributed by atoms with Crippen LogP contribution in [0.15, 0.2) is 65.1 Å². The molecule has 1 amide bonds. The number of thiocarbonyl (C=S) groups is 1. The number of aryl methyl sites for hydroxylation is 3. The van der Waals surface area contributed by atoms with E-state index < -0.39 is 0 Å². The molecule has 2 N–H and O–H groups in total. The molecule has 5 nitrogen and oxygen atoms in total. The van der Waals surface area contributed by atoms with Crippen molar-refractivity contribution < 1.29 is 9.21 Å². The number of nitrogens with zero attached hydrogens (tertiary/aromatic N) is 1. The van der Waals surface area contributed by atoms with Crippen LogP contribution in [-0.4, -0.2) is 16.0 Å². The number of hydrogen-bond donors (Lipinski definition) is 2. The number of rotatable bonds is 3. The Hall–Kier alpha value is -3.51. The molecule has 0 radical (unpaired) electrons. The van der Waals surface area contributed by atoms with E-state index in [1.165, 1.54) is 0 Å². The van der Waals surface area contributed by atoms with Crippen LogP contribution >= 0.6 is 12.2 Å². The third kappa shape index (κ3) is 4.39. The van der Waals surface area contributed by atoms with Gasteiger partial charge >= 0.3 is 0 Å². The van der Waals surface area contributed by atoms with E-state index in [1.807, 2.05) is 81.4 Å². The van der Waals surface area contributed by atoms with Gasteiger partial charge in [0.1, 0.15) is 5.52 Å². The largest absolute Gasteiger partial charge is 0.436 e. The third-order valence-corrected chi connectivity index (χ3v) is 4.83. The first-order valence-electron chi connectivity index (χ1n) is 9.56. The summed E-state index contributed by atoms with van der Waals surface area (Å²) in [5, 5.41) is 6.01. The molecule has 30 heavy (non-hydrogen) atoms. The maximum Gasteiger partial charge on any atom is 0.257 e. The van der Waals surface area contributed by atoms with E-state index in [-0.39, 0.29) is 11.0 Å². The summed E-state index contributed by atoms with van der Waals surface area (Å²) in [6, 6.07) is 19.1. The van der Waals surface area contributed by atoms with Crippen LogP contribution in [0.4, 0.5) is 5.69 Å². The molecule has 0 aliphatic rings. The molecule has 4 aromatic rings. The highest BCUT2D eigenvalue weighted by atomic mass is 32.1. The van der Waals surface area contributed by atoms with Gasteiger partial charge in [-0.2, -0.15) is 0 Å². The molecular formula is C24H21N3O2S. The van der Waals surface area contributed by atoms with Gasteiger partial charge in [0.15, 0.2) is 10.7 Å². The highest BCUT2D eigenvalue weighted by Gasteiger charge is 2.11. The molecule has 0 aliphatic heterocycles. The first-order valence-corrected chi connectivity index (χ1v) is 9.96. The molecule has 3 aromatic carbocycles. The zero-order valence-electron chi connectivity index (χ0n) is 16.9. The van der Waals surface area contributed by atoms with Gasteiger partial charge in [0, 0.05) is 16.8 Å². The average molecular weight is 416 g/mol. The van der Waals surface area contributed by atoms with Gasteiger partial charge in [-0.15, -0.1) is 0 Å². The predicted molar refractivity (Wildman–Crippen MR) is 124 cm³/mol. The average Bonchev–Trinajstić information content (AvgIpc) is 3.10. The van der Waals surface area contributed by atoms with E-state index in [2.05, 4.69) is 15.6 Å². The van der Waals surface area contributed by atoms with Crippen molar-refractivity contribution in [3.05, 3.63) is 82.9 Å². The molecule has 0 atom stereocenters. The quantitative estimate of drug-likeness (QED) is 0.430. The van der Waals surface area contributed by atoms with E-state index in [0.29, 0.717) is 11.5 Å². The highest BCUT2D eigenvalue weighted by molar-refractivity contribution is 7.80. The second-order valence-corrected chi connectivity index (χ2v) is 7.76. The molecule has 0 unspecified atom stereocenters. The minimum absolute atomic E-state index is 0.226. The van der Waals surface area contributed by atoms with Crippen LogP contribution in [0.2, 0.25) is 0 Å². The Bertz CT molecular complexity index is 1260. The van der Waals surface area contributed by atoms with Crippen molar-refractivity contribution in [2.75, 3.05) is 5.32 Å². The van der Waals surface area contributed by atoms with Crippen LogP contribution in [0.3, 0.4) is 0 Å². The lowest BCUT2D eigenvalue weighted by Gasteiger charge is -2.11. The van der Waals surface area contributed by atoms with Crippen molar-refractivity contribution >= 4 is 40.0 Å². The topological polar surface area (TPSA) is 67.2 Å². The Balaban J connectivity index is 1.49. The first kappa shape index (κ1) is 19.8. The minimum Gasteiger partial charge on any atom is -0.436 e. The van der Waals surface area contributed by atoms with Gasteiger partial charge in [-0.3, -0.25) is 10.1 Å². The predicted octanol–water partition coefficient (Wildman–Crippen LogP) is 5.55. The lowest BCUT2D eigenvalue weighted by Crippen LogP contribution is -2.34. The van der Waals surface area contributed by atoms with Gasteiger partial charge in [0.25, 0.3) is 5.91 Å². The van der Waals surface area contributed by atoms with Crippen molar-refractivity contribution in [1.29, 1.82) is 0 Å². The molecule has 0 bridgehead atoms. The standard InChI is InChI=1S/C24H21N3O2S/c1-14-7-8-21-20(12-14)26-23(29-21)17-5-4-6-19(13-17)25-24(30)27-22(28)18-10-15(2)9-16(3)11-18/h4-13H,1-3H3,(H2,25,27,28,30). The van der Waals surface area contributed by atoms with Crippen LogP contribution in [0.25, 0.3) is 22.6 Å². The Morgan fingerprint density at radius 2 is 1.70 bits per heavy atom. The van der Waals surface area contributed by atoms with E-state index in [1.54, 1.807) is 0 Å². The summed E-state index contributed by atoms with van der Waals surface area (Å²) in [5.74, 6) is 0.286. The maximum atomic E-state index is 12.5. The molecule has 0 aliphatic carbocycles. The monoisotopic (exact) mass is 415 g/mol. The summed E-state index contributed by atoms with van der Waals surface area (Å²) in [4.78, 5) is 17.1. The van der Waals surface area contributed by atoms with E-state index in [9.17, 15) is 4.79 Å². The SMILES string of the molecule is Cc1cc(C)cc(C(=O)NC(=S)Nc2cccc(-c3nc4cc(C)ccc4o3)c2)c1. The second-order valence-electron chi connectivity index (χ2n) is 7.36. The van der Waals surface area contributed by atoms with Crippen LogP contribution in [0.1, 0.15) is 27.0 Å². The highest BCUT2D eigenvalue weighted by Crippen LogP contribution is 2.26. The fourth-order valence-electron chi connectivity index (χ4n) is 3.33. The molecule has 150 valence electrons. The molecule has 1 heterocycles. The Kier molecular flexibility index (Phi) is 5.33. The van der Waals surface area contributed by atoms with Gasteiger partial charge < -0.3 is 9.73 Å². The maximum absolute atomic E-state index is 12.5. The van der Waals surface area contributed by atoms with Gasteiger partial charge in [-0.05, 0) is 81.0 Å². The normalized spacial score (nSPS) is 10.8. The fourth-order valence-corrected chi connectivity index (χ4v) is 3.54. The summed E-state index contributed by atoms with van der Waals surface area (Å²) in [6.07, 6.45) is 0. The molecule has 0 saturated carbocycles. The number of nitrogens with one attached hydrogen (secondary N) is 2. The number of anilines is 1. The Morgan fingerprint density at radius 3 is 2.47 bits per heavy atom. The first-order chi connectivity index (χ1) is 14.4. The van der Waals surface area contributed by atoms with Crippen LogP contribution in [-0.2, 0) is 0 Å². The minimum atomic E-state index is -0.246. The van der Waals surface area contributed by atoms with E-state index >= 15 is 0 Å². The molecule has 4 rings (SSSR count). The third-order valence-electron chi connectivity index (χ3n) is 4.62. The van der Waals surface area contributed by atoms with Crippen molar-refractivity contribution in [3.8, 4) is 11.5 Å². The summed E-state index contributed by atoms with van der Waals surface area (Å²) >= 11 is 5.32. The number of fused-ring (bicyclic) bond motifs is 1. The Morgan fingerprint density at radius 1 is 0.933 bits per heavy atom. The summed E-state index contributed by atoms with van der Waals surface area (Å²) in [5.41, 5.74) is 6.87. The number of amides is 1. The smallest absolute Gasteiger partial charge is 0.257 e. The fraction of sp³-hybridized carbons (Fsp3) is 0.125. The molecule has 1 aromatic heterocycles. The summed E-state index contributed by atoms with van der Waals surface area (Å²) < 4.78 is 5.87. The lowest BCUT2D eigenvalue weighted by molar-refractivity contribution is 0.0977. The van der Waals surface area contributed by atoms with Crippen LogP contribution in [0.5, 0.6) is 0 Å². The molecular weight excluding hydrogens is 394 g/mol. The van der Waals surface area contributed by atoms with Crippen LogP contribution < -0.4 is 10.6 Å². The molecule has 0 spiro atoms. The molecule has 0 saturated heterocycles. The van der Waals surface area contributed by atoms with Crippen molar-refractivity contribution in [3.63, 3.8) is 0 Å². The molecule has 0 fully saturated rings. The van der Waals surface area contributed by atoms with E-state index in [4.69, 9.17) is 16.6 Å². The lowest BCUT2D eigenvalue weighted by atomic mass is 10.1. The van der Waals surface area contributed by atoms with Crippen molar-refractivity contribution in [2.24, 2.45) is 0 Å². The molecule has 6 heteroatoms. The Labute approximate surface area is 180 Å². The summed E-state index contributed by atoms with van der Waals surface area (Å²) in [7, 11) is 0. The number of hydrogen-bond acceptors (Lipinski definition) is 4. The van der Waals surface area contributed by atoms with Gasteiger partial charge in [-0.1, -0.05) is 29.3 Å². The van der Waals surface area contributed by atoms with Crippen molar-refractivity contribution in [1.82, 2.24) is 10.3 Å². The number of benzene rings is 3.